The molecule has 1 aliphatic rings. The lowest BCUT2D eigenvalue weighted by Gasteiger charge is -2.34. The van der Waals surface area contributed by atoms with Crippen LogP contribution >= 0.6 is 0 Å². The Labute approximate surface area is 144 Å². The molecule has 1 saturated heterocycles. The van der Waals surface area contributed by atoms with E-state index in [1.165, 1.54) is 24.9 Å². The number of aromatic nitrogens is 3. The van der Waals surface area contributed by atoms with E-state index in [2.05, 4.69) is 52.0 Å². The van der Waals surface area contributed by atoms with Gasteiger partial charge in [-0.1, -0.05) is 20.8 Å². The Morgan fingerprint density at radius 3 is 2.54 bits per heavy atom. The minimum Gasteiger partial charge on any atom is -0.370 e. The Bertz CT molecular complexity index is 651. The first-order valence-electron chi connectivity index (χ1n) is 9.04. The van der Waals surface area contributed by atoms with Gasteiger partial charge in [-0.05, 0) is 49.8 Å². The van der Waals surface area contributed by atoms with Gasteiger partial charge in [-0.2, -0.15) is 0 Å². The molecule has 0 aromatic carbocycles. The molecular weight excluding hydrogens is 298 g/mol. The van der Waals surface area contributed by atoms with Crippen molar-refractivity contribution in [2.45, 2.75) is 40.0 Å². The van der Waals surface area contributed by atoms with E-state index in [-0.39, 0.29) is 0 Å². The van der Waals surface area contributed by atoms with Crippen LogP contribution in [0.25, 0.3) is 11.2 Å². The third kappa shape index (κ3) is 4.41. The van der Waals surface area contributed by atoms with Crippen LogP contribution in [0.3, 0.4) is 0 Å². The molecule has 0 aliphatic carbocycles. The molecule has 0 atom stereocenters. The van der Waals surface area contributed by atoms with Crippen molar-refractivity contribution in [2.24, 2.45) is 11.3 Å². The molecular formula is C19H29N5. The first kappa shape index (κ1) is 17.1. The Morgan fingerprint density at radius 2 is 1.79 bits per heavy atom. The van der Waals surface area contributed by atoms with Crippen molar-refractivity contribution in [1.29, 1.82) is 0 Å². The molecule has 5 nitrogen and oxygen atoms in total. The molecule has 1 N–H and O–H groups in total. The molecule has 0 bridgehead atoms. The predicted molar refractivity (Wildman–Crippen MR) is 99.2 cm³/mol. The third-order valence-electron chi connectivity index (χ3n) is 4.79. The molecule has 24 heavy (non-hydrogen) atoms. The van der Waals surface area contributed by atoms with Crippen molar-refractivity contribution in [3.63, 3.8) is 0 Å². The topological polar surface area (TPSA) is 53.9 Å². The van der Waals surface area contributed by atoms with E-state index in [4.69, 9.17) is 0 Å². The monoisotopic (exact) mass is 327 g/mol. The maximum Gasteiger partial charge on any atom is 0.180 e. The van der Waals surface area contributed by atoms with Gasteiger partial charge in [0.05, 0.1) is 5.69 Å². The van der Waals surface area contributed by atoms with Gasteiger partial charge in [0, 0.05) is 31.7 Å². The minimum atomic E-state index is 0.416. The Balaban J connectivity index is 1.52. The summed E-state index contributed by atoms with van der Waals surface area (Å²) < 4.78 is 0. The highest BCUT2D eigenvalue weighted by Crippen LogP contribution is 2.27. The first-order valence-corrected chi connectivity index (χ1v) is 9.04. The molecule has 130 valence electrons. The zero-order chi connectivity index (χ0) is 17.0. The number of anilines is 1. The van der Waals surface area contributed by atoms with Gasteiger partial charge in [0.15, 0.2) is 5.65 Å². The van der Waals surface area contributed by atoms with Crippen LogP contribution in [0.5, 0.6) is 0 Å². The molecule has 1 aliphatic heterocycles. The van der Waals surface area contributed by atoms with Crippen molar-refractivity contribution in [2.75, 3.05) is 31.1 Å². The number of fused-ring (bicyclic) bond motifs is 1. The van der Waals surface area contributed by atoms with E-state index in [0.717, 1.165) is 43.3 Å². The molecule has 0 spiro atoms. The molecule has 3 rings (SSSR count). The van der Waals surface area contributed by atoms with Crippen molar-refractivity contribution >= 4 is 16.9 Å². The summed E-state index contributed by atoms with van der Waals surface area (Å²) >= 11 is 0. The lowest BCUT2D eigenvalue weighted by Crippen LogP contribution is -2.38. The highest BCUT2D eigenvalue weighted by Gasteiger charge is 2.21. The SMILES string of the molecule is CC(C)(C)CCNCC1CCN(c2ccnc3nccnc23)CC1. The molecule has 3 heterocycles. The van der Waals surface area contributed by atoms with Crippen LogP contribution in [0.2, 0.25) is 0 Å². The second-order valence-corrected chi connectivity index (χ2v) is 8.00. The van der Waals surface area contributed by atoms with Crippen LogP contribution in [-0.4, -0.2) is 41.1 Å². The van der Waals surface area contributed by atoms with Gasteiger partial charge < -0.3 is 10.2 Å². The van der Waals surface area contributed by atoms with Gasteiger partial charge in [-0.15, -0.1) is 0 Å². The van der Waals surface area contributed by atoms with Crippen molar-refractivity contribution in [1.82, 2.24) is 20.3 Å². The van der Waals surface area contributed by atoms with E-state index in [9.17, 15) is 0 Å². The number of nitrogens with zero attached hydrogens (tertiary/aromatic N) is 4. The van der Waals surface area contributed by atoms with E-state index in [1.54, 1.807) is 12.4 Å². The van der Waals surface area contributed by atoms with Crippen LogP contribution in [0.4, 0.5) is 5.69 Å². The van der Waals surface area contributed by atoms with Gasteiger partial charge in [0.2, 0.25) is 0 Å². The fourth-order valence-corrected chi connectivity index (χ4v) is 3.27. The maximum absolute atomic E-state index is 4.48. The van der Waals surface area contributed by atoms with Crippen molar-refractivity contribution in [3.8, 4) is 0 Å². The van der Waals surface area contributed by atoms with Gasteiger partial charge in [-0.25, -0.2) is 15.0 Å². The summed E-state index contributed by atoms with van der Waals surface area (Å²) in [5.74, 6) is 0.778. The molecule has 2 aromatic heterocycles. The standard InChI is InChI=1S/C19H29N5/c1-19(2,3)7-9-20-14-15-5-12-24(13-6-15)16-4-8-22-18-17(16)21-10-11-23-18/h4,8,10-11,15,20H,5-7,9,12-14H2,1-3H3. The maximum atomic E-state index is 4.48. The summed E-state index contributed by atoms with van der Waals surface area (Å²) in [6, 6.07) is 2.07. The van der Waals surface area contributed by atoms with E-state index >= 15 is 0 Å². The number of nitrogens with one attached hydrogen (secondary N) is 1. The summed E-state index contributed by atoms with van der Waals surface area (Å²) in [4.78, 5) is 15.5. The first-order chi connectivity index (χ1) is 11.5. The van der Waals surface area contributed by atoms with Crippen molar-refractivity contribution < 1.29 is 0 Å². The van der Waals surface area contributed by atoms with Crippen LogP contribution in [-0.2, 0) is 0 Å². The number of hydrogen-bond donors (Lipinski definition) is 1. The van der Waals surface area contributed by atoms with E-state index in [0.29, 0.717) is 5.41 Å². The second-order valence-electron chi connectivity index (χ2n) is 8.00. The molecule has 5 heteroatoms. The van der Waals surface area contributed by atoms with E-state index < -0.39 is 0 Å². The number of hydrogen-bond acceptors (Lipinski definition) is 5. The zero-order valence-electron chi connectivity index (χ0n) is 15.1. The summed E-state index contributed by atoms with van der Waals surface area (Å²) in [7, 11) is 0. The van der Waals surface area contributed by atoms with Gasteiger partial charge in [-0.3, -0.25) is 0 Å². The van der Waals surface area contributed by atoms with Gasteiger partial charge in [0.1, 0.15) is 5.52 Å². The quantitative estimate of drug-likeness (QED) is 0.854. The lowest BCUT2D eigenvalue weighted by atomic mass is 9.92. The normalized spacial score (nSPS) is 16.7. The van der Waals surface area contributed by atoms with Crippen LogP contribution in [0, 0.1) is 11.3 Å². The molecule has 0 unspecified atom stereocenters. The Hall–Kier alpha value is -1.75. The lowest BCUT2D eigenvalue weighted by molar-refractivity contribution is 0.340. The van der Waals surface area contributed by atoms with Crippen LogP contribution in [0.15, 0.2) is 24.7 Å². The average molecular weight is 327 g/mol. The third-order valence-corrected chi connectivity index (χ3v) is 4.79. The van der Waals surface area contributed by atoms with Crippen LogP contribution in [0.1, 0.15) is 40.0 Å². The second kappa shape index (κ2) is 7.43. The highest BCUT2D eigenvalue weighted by molar-refractivity contribution is 5.84. The summed E-state index contributed by atoms with van der Waals surface area (Å²) in [5.41, 5.74) is 3.25. The largest absolute Gasteiger partial charge is 0.370 e. The molecule has 0 radical (unpaired) electrons. The minimum absolute atomic E-state index is 0.416. The number of piperidine rings is 1. The smallest absolute Gasteiger partial charge is 0.180 e. The molecule has 2 aromatic rings. The van der Waals surface area contributed by atoms with Gasteiger partial charge >= 0.3 is 0 Å². The Morgan fingerprint density at radius 1 is 1.08 bits per heavy atom. The molecule has 0 amide bonds. The van der Waals surface area contributed by atoms with Gasteiger partial charge in [0.25, 0.3) is 0 Å². The average Bonchev–Trinajstić information content (AvgIpc) is 2.58. The zero-order valence-corrected chi connectivity index (χ0v) is 15.1. The Kier molecular flexibility index (Phi) is 5.29. The fraction of sp³-hybridized carbons (Fsp3) is 0.632. The summed E-state index contributed by atoms with van der Waals surface area (Å²) in [6.45, 7) is 11.3. The fourth-order valence-electron chi connectivity index (χ4n) is 3.27. The summed E-state index contributed by atoms with van der Waals surface area (Å²) in [6.07, 6.45) is 8.98. The number of rotatable bonds is 5. The molecule has 0 saturated carbocycles. The predicted octanol–water partition coefficient (Wildman–Crippen LogP) is 3.27. The number of pyridine rings is 1. The highest BCUT2D eigenvalue weighted by atomic mass is 15.1. The van der Waals surface area contributed by atoms with Crippen molar-refractivity contribution in [3.05, 3.63) is 24.7 Å². The molecule has 1 fully saturated rings. The van der Waals surface area contributed by atoms with Crippen LogP contribution < -0.4 is 10.2 Å². The summed E-state index contributed by atoms with van der Waals surface area (Å²) in [5, 5.41) is 3.65. The van der Waals surface area contributed by atoms with E-state index in [1.807, 2.05) is 6.20 Å².